The van der Waals surface area contributed by atoms with Gasteiger partial charge in [0, 0.05) is 6.07 Å². The molecule has 2 rings (SSSR count). The molecule has 0 saturated heterocycles. The number of hydrogen-bond donors (Lipinski definition) is 2. The molecule has 2 aromatic rings. The van der Waals surface area contributed by atoms with Gasteiger partial charge in [-0.25, -0.2) is 4.79 Å². The molecule has 1 amide bonds. The second-order valence-corrected chi connectivity index (χ2v) is 5.86. The van der Waals surface area contributed by atoms with Gasteiger partial charge in [0.05, 0.1) is 5.69 Å². The van der Waals surface area contributed by atoms with Crippen LogP contribution in [0.3, 0.4) is 0 Å². The third-order valence-electron chi connectivity index (χ3n) is 3.73. The van der Waals surface area contributed by atoms with Crippen molar-refractivity contribution in [1.82, 2.24) is 10.5 Å². The lowest BCUT2D eigenvalue weighted by Gasteiger charge is -2.15. The smallest absolute Gasteiger partial charge is 0.330 e. The number of carboxylic acid groups (broad SMARTS) is 1. The number of nitrogens with one attached hydrogen (secondary N) is 1. The van der Waals surface area contributed by atoms with Crippen molar-refractivity contribution >= 4 is 11.9 Å². The van der Waals surface area contributed by atoms with Gasteiger partial charge in [-0.15, -0.1) is 0 Å². The number of aromatic nitrogens is 1. The van der Waals surface area contributed by atoms with Crippen LogP contribution in [0.1, 0.15) is 58.7 Å². The summed E-state index contributed by atoms with van der Waals surface area (Å²) < 4.78 is 4.99. The Balaban J connectivity index is 2.23. The van der Waals surface area contributed by atoms with Gasteiger partial charge in [-0.1, -0.05) is 37.2 Å². The first kappa shape index (κ1) is 16.7. The molecule has 6 heteroatoms. The summed E-state index contributed by atoms with van der Waals surface area (Å²) in [5, 5.41) is 15.7. The molecule has 0 spiro atoms. The van der Waals surface area contributed by atoms with Crippen molar-refractivity contribution in [2.24, 2.45) is 0 Å². The maximum atomic E-state index is 12.2. The zero-order chi connectivity index (χ0) is 17.1. The van der Waals surface area contributed by atoms with Crippen LogP contribution in [-0.2, 0) is 4.79 Å². The average Bonchev–Trinajstić information content (AvgIpc) is 2.97. The van der Waals surface area contributed by atoms with E-state index in [2.05, 4.69) is 10.5 Å². The molecule has 1 heterocycles. The predicted octanol–water partition coefficient (Wildman–Crippen LogP) is 2.97. The Kier molecular flexibility index (Phi) is 4.83. The van der Waals surface area contributed by atoms with Crippen LogP contribution in [-0.4, -0.2) is 22.1 Å². The Bertz CT molecular complexity index is 734. The first-order valence-corrected chi connectivity index (χ1v) is 7.37. The van der Waals surface area contributed by atoms with Crippen molar-refractivity contribution in [3.63, 3.8) is 0 Å². The van der Waals surface area contributed by atoms with Crippen molar-refractivity contribution in [2.45, 2.75) is 39.7 Å². The molecular weight excluding hydrogens is 296 g/mol. The van der Waals surface area contributed by atoms with E-state index in [-0.39, 0.29) is 11.7 Å². The molecule has 0 aliphatic carbocycles. The number of amides is 1. The zero-order valence-corrected chi connectivity index (χ0v) is 13.6. The number of aryl methyl sites for hydroxylation is 2. The fourth-order valence-corrected chi connectivity index (χ4v) is 2.10. The number of nitrogens with zero attached hydrogens (tertiary/aromatic N) is 1. The molecule has 1 unspecified atom stereocenters. The minimum atomic E-state index is -1.14. The summed E-state index contributed by atoms with van der Waals surface area (Å²) in [6, 6.07) is 5.67. The molecule has 0 radical (unpaired) electrons. The van der Waals surface area contributed by atoms with E-state index in [0.29, 0.717) is 11.3 Å². The molecule has 2 N–H and O–H groups in total. The van der Waals surface area contributed by atoms with Gasteiger partial charge in [0.15, 0.2) is 6.04 Å². The topological polar surface area (TPSA) is 92.4 Å². The fraction of sp³-hybridized carbons (Fsp3) is 0.353. The molecule has 6 nitrogen and oxygen atoms in total. The molecule has 1 aromatic heterocycles. The lowest BCUT2D eigenvalue weighted by atomic mass is 10.0. The Morgan fingerprint density at radius 3 is 2.39 bits per heavy atom. The molecule has 23 heavy (non-hydrogen) atoms. The molecule has 1 atom stereocenters. The van der Waals surface area contributed by atoms with Crippen LogP contribution < -0.4 is 5.32 Å². The summed E-state index contributed by atoms with van der Waals surface area (Å²) in [6.45, 7) is 7.68. The monoisotopic (exact) mass is 316 g/mol. The fourth-order valence-electron chi connectivity index (χ4n) is 2.10. The average molecular weight is 316 g/mol. The first-order valence-electron chi connectivity index (χ1n) is 7.37. The van der Waals surface area contributed by atoms with E-state index in [1.165, 1.54) is 6.07 Å². The Labute approximate surface area is 134 Å². The van der Waals surface area contributed by atoms with Crippen LogP contribution in [0.25, 0.3) is 0 Å². The normalized spacial score (nSPS) is 12.2. The highest BCUT2D eigenvalue weighted by molar-refractivity contribution is 5.94. The van der Waals surface area contributed by atoms with Crippen LogP contribution in [0.4, 0.5) is 0 Å². The van der Waals surface area contributed by atoms with Gasteiger partial charge in [0.2, 0.25) is 5.76 Å². The van der Waals surface area contributed by atoms with Gasteiger partial charge in [0.1, 0.15) is 0 Å². The lowest BCUT2D eigenvalue weighted by Crippen LogP contribution is -2.33. The van der Waals surface area contributed by atoms with Gasteiger partial charge in [-0.2, -0.15) is 0 Å². The second-order valence-electron chi connectivity index (χ2n) is 5.86. The number of benzene rings is 1. The summed E-state index contributed by atoms with van der Waals surface area (Å²) in [5.41, 5.74) is 3.18. The van der Waals surface area contributed by atoms with Gasteiger partial charge in [-0.05, 0) is 36.5 Å². The highest BCUT2D eigenvalue weighted by Gasteiger charge is 2.25. The van der Waals surface area contributed by atoms with E-state index in [0.717, 1.165) is 11.1 Å². The summed E-state index contributed by atoms with van der Waals surface area (Å²) >= 11 is 0. The number of carbonyl (C=O) groups is 2. The minimum Gasteiger partial charge on any atom is -0.479 e. The van der Waals surface area contributed by atoms with Crippen LogP contribution in [0, 0.1) is 13.8 Å². The van der Waals surface area contributed by atoms with Gasteiger partial charge >= 0.3 is 5.97 Å². The number of hydrogen-bond acceptors (Lipinski definition) is 4. The zero-order valence-electron chi connectivity index (χ0n) is 13.6. The lowest BCUT2D eigenvalue weighted by molar-refractivity contribution is -0.139. The van der Waals surface area contributed by atoms with E-state index in [9.17, 15) is 14.7 Å². The third kappa shape index (κ3) is 3.77. The molecular formula is C17H20N2O4. The highest BCUT2D eigenvalue weighted by atomic mass is 16.5. The number of rotatable bonds is 5. The predicted molar refractivity (Wildman–Crippen MR) is 84.4 cm³/mol. The third-order valence-corrected chi connectivity index (χ3v) is 3.73. The molecule has 0 fully saturated rings. The molecule has 1 aromatic carbocycles. The minimum absolute atomic E-state index is 0.00350. The van der Waals surface area contributed by atoms with Crippen molar-refractivity contribution in [3.05, 3.63) is 52.4 Å². The molecule has 0 aliphatic rings. The van der Waals surface area contributed by atoms with Crippen LogP contribution >= 0.6 is 0 Å². The summed E-state index contributed by atoms with van der Waals surface area (Å²) in [5.74, 6) is -1.61. The van der Waals surface area contributed by atoms with E-state index in [1.807, 2.05) is 33.8 Å². The van der Waals surface area contributed by atoms with Crippen molar-refractivity contribution in [2.75, 3.05) is 0 Å². The van der Waals surface area contributed by atoms with Crippen molar-refractivity contribution in [1.29, 1.82) is 0 Å². The maximum absolute atomic E-state index is 12.2. The Morgan fingerprint density at radius 2 is 1.87 bits per heavy atom. The van der Waals surface area contributed by atoms with Crippen LogP contribution in [0.15, 0.2) is 28.8 Å². The van der Waals surface area contributed by atoms with Crippen LogP contribution in [0.5, 0.6) is 0 Å². The van der Waals surface area contributed by atoms with Gasteiger partial charge in [-0.3, -0.25) is 4.79 Å². The summed E-state index contributed by atoms with van der Waals surface area (Å²) in [4.78, 5) is 23.7. The van der Waals surface area contributed by atoms with E-state index < -0.39 is 17.9 Å². The number of aliphatic carboxylic acids is 1. The highest BCUT2D eigenvalue weighted by Crippen LogP contribution is 2.19. The molecule has 0 saturated carbocycles. The summed E-state index contributed by atoms with van der Waals surface area (Å²) in [7, 11) is 0. The Hall–Kier alpha value is -2.63. The van der Waals surface area contributed by atoms with E-state index >= 15 is 0 Å². The standard InChI is InChI=1S/C17H20N2O4/c1-9(2)13-8-14(23-19-13)16(20)18-15(17(21)22)12-6-5-10(3)11(4)7-12/h5-9,15H,1-4H3,(H,18,20)(H,21,22). The van der Waals surface area contributed by atoms with E-state index in [4.69, 9.17) is 4.52 Å². The molecule has 0 bridgehead atoms. The number of carboxylic acids is 1. The quantitative estimate of drug-likeness (QED) is 0.884. The number of carbonyl (C=O) groups excluding carboxylic acids is 1. The molecule has 0 aliphatic heterocycles. The maximum Gasteiger partial charge on any atom is 0.330 e. The SMILES string of the molecule is Cc1ccc(C(NC(=O)c2cc(C(C)C)no2)C(=O)O)cc1C. The first-order chi connectivity index (χ1) is 10.8. The summed E-state index contributed by atoms with van der Waals surface area (Å²) in [6.07, 6.45) is 0. The van der Waals surface area contributed by atoms with Gasteiger partial charge in [0.25, 0.3) is 5.91 Å². The van der Waals surface area contributed by atoms with E-state index in [1.54, 1.807) is 12.1 Å². The second kappa shape index (κ2) is 6.64. The van der Waals surface area contributed by atoms with Crippen molar-refractivity contribution < 1.29 is 19.2 Å². The van der Waals surface area contributed by atoms with Gasteiger partial charge < -0.3 is 14.9 Å². The Morgan fingerprint density at radius 1 is 1.17 bits per heavy atom. The van der Waals surface area contributed by atoms with Crippen molar-refractivity contribution in [3.8, 4) is 0 Å². The largest absolute Gasteiger partial charge is 0.479 e. The van der Waals surface area contributed by atoms with Crippen LogP contribution in [0.2, 0.25) is 0 Å². The molecule has 122 valence electrons.